The van der Waals surface area contributed by atoms with Gasteiger partial charge in [0.2, 0.25) is 0 Å². The second kappa shape index (κ2) is 9.11. The Kier molecular flexibility index (Phi) is 6.09. The van der Waals surface area contributed by atoms with Gasteiger partial charge >= 0.3 is 5.97 Å². The van der Waals surface area contributed by atoms with Crippen LogP contribution in [0.25, 0.3) is 16.8 Å². The average Bonchev–Trinajstić information content (AvgIpc) is 3.06. The highest BCUT2D eigenvalue weighted by Crippen LogP contribution is 2.37. The summed E-state index contributed by atoms with van der Waals surface area (Å²) in [5.41, 5.74) is 1.71. The number of hydrogen-bond donors (Lipinski definition) is 1. The van der Waals surface area contributed by atoms with Crippen LogP contribution in [0.5, 0.6) is 5.75 Å². The smallest absolute Gasteiger partial charge is 0.335 e. The molecule has 7 heteroatoms. The fourth-order valence-electron chi connectivity index (χ4n) is 3.37. The SMILES string of the molecule is C=CCN1C(=O)S/C(=C/c2c(OCc3ccc(C(=O)O)cc3)ccc3ccccc23)C1=O. The molecule has 0 bridgehead atoms. The van der Waals surface area contributed by atoms with Gasteiger partial charge in [-0.05, 0) is 52.4 Å². The van der Waals surface area contributed by atoms with Crippen LogP contribution in [-0.2, 0) is 11.4 Å². The van der Waals surface area contributed by atoms with Gasteiger partial charge in [-0.2, -0.15) is 0 Å². The van der Waals surface area contributed by atoms with Gasteiger partial charge in [0.1, 0.15) is 12.4 Å². The van der Waals surface area contributed by atoms with E-state index in [2.05, 4.69) is 6.58 Å². The summed E-state index contributed by atoms with van der Waals surface area (Å²) in [4.78, 5) is 37.4. The predicted molar refractivity (Wildman–Crippen MR) is 125 cm³/mol. The maximum absolute atomic E-state index is 12.7. The van der Waals surface area contributed by atoms with E-state index in [9.17, 15) is 14.4 Å². The van der Waals surface area contributed by atoms with Crippen LogP contribution >= 0.6 is 11.8 Å². The number of thioether (sulfide) groups is 1. The van der Waals surface area contributed by atoms with Crippen molar-refractivity contribution >= 4 is 45.7 Å². The number of rotatable bonds is 7. The second-order valence-electron chi connectivity index (χ2n) is 7.07. The van der Waals surface area contributed by atoms with Crippen molar-refractivity contribution in [1.82, 2.24) is 4.90 Å². The number of carboxylic acids is 1. The fourth-order valence-corrected chi connectivity index (χ4v) is 4.20. The van der Waals surface area contributed by atoms with Gasteiger partial charge in [-0.3, -0.25) is 14.5 Å². The van der Waals surface area contributed by atoms with Gasteiger partial charge in [0.15, 0.2) is 0 Å². The number of hydrogen-bond acceptors (Lipinski definition) is 5. The van der Waals surface area contributed by atoms with Crippen LogP contribution in [0.2, 0.25) is 0 Å². The number of carboxylic acid groups (broad SMARTS) is 1. The van der Waals surface area contributed by atoms with E-state index in [1.807, 2.05) is 36.4 Å². The van der Waals surface area contributed by atoms with E-state index in [-0.39, 0.29) is 29.9 Å². The Balaban J connectivity index is 1.69. The number of carbonyl (C=O) groups is 3. The summed E-state index contributed by atoms with van der Waals surface area (Å²) in [5, 5.41) is 10.6. The molecular weight excluding hydrogens is 426 g/mol. The van der Waals surface area contributed by atoms with E-state index in [0.29, 0.717) is 16.2 Å². The topological polar surface area (TPSA) is 83.9 Å². The molecule has 0 unspecified atom stereocenters. The summed E-state index contributed by atoms with van der Waals surface area (Å²) < 4.78 is 6.05. The van der Waals surface area contributed by atoms with Crippen LogP contribution in [0, 0.1) is 0 Å². The van der Waals surface area contributed by atoms with Crippen LogP contribution in [0.15, 0.2) is 78.2 Å². The first-order valence-corrected chi connectivity index (χ1v) is 10.6. The molecule has 1 aliphatic rings. The summed E-state index contributed by atoms with van der Waals surface area (Å²) in [6.45, 7) is 3.98. The third-order valence-electron chi connectivity index (χ3n) is 4.99. The molecule has 32 heavy (non-hydrogen) atoms. The Morgan fingerprint density at radius 2 is 1.81 bits per heavy atom. The molecule has 4 rings (SSSR count). The third-order valence-corrected chi connectivity index (χ3v) is 5.89. The Morgan fingerprint density at radius 1 is 1.06 bits per heavy atom. The minimum Gasteiger partial charge on any atom is -0.488 e. The van der Waals surface area contributed by atoms with Crippen molar-refractivity contribution in [3.63, 3.8) is 0 Å². The molecule has 160 valence electrons. The lowest BCUT2D eigenvalue weighted by Gasteiger charge is -2.13. The van der Waals surface area contributed by atoms with Crippen molar-refractivity contribution < 1.29 is 24.2 Å². The van der Waals surface area contributed by atoms with Crippen LogP contribution in [0.1, 0.15) is 21.5 Å². The van der Waals surface area contributed by atoms with Gasteiger partial charge in [0, 0.05) is 12.1 Å². The number of imide groups is 1. The summed E-state index contributed by atoms with van der Waals surface area (Å²) in [6.07, 6.45) is 3.21. The summed E-state index contributed by atoms with van der Waals surface area (Å²) in [7, 11) is 0. The van der Waals surface area contributed by atoms with E-state index in [4.69, 9.17) is 9.84 Å². The van der Waals surface area contributed by atoms with Gasteiger partial charge in [-0.1, -0.05) is 48.5 Å². The lowest BCUT2D eigenvalue weighted by molar-refractivity contribution is -0.122. The molecule has 0 aromatic heterocycles. The number of ether oxygens (including phenoxy) is 1. The number of fused-ring (bicyclic) bond motifs is 1. The lowest BCUT2D eigenvalue weighted by Crippen LogP contribution is -2.27. The van der Waals surface area contributed by atoms with E-state index >= 15 is 0 Å². The molecule has 1 fully saturated rings. The van der Waals surface area contributed by atoms with E-state index in [1.165, 1.54) is 18.2 Å². The molecule has 0 spiro atoms. The highest BCUT2D eigenvalue weighted by molar-refractivity contribution is 8.18. The highest BCUT2D eigenvalue weighted by Gasteiger charge is 2.34. The standard InChI is InChI=1S/C25H19NO5S/c1-2-13-26-23(27)22(32-25(26)30)14-20-19-6-4-3-5-17(19)11-12-21(20)31-15-16-7-9-18(10-8-16)24(28)29/h2-12,14H,1,13,15H2,(H,28,29)/b22-14+. The monoisotopic (exact) mass is 445 g/mol. The number of benzene rings is 3. The van der Waals surface area contributed by atoms with Crippen molar-refractivity contribution in [2.45, 2.75) is 6.61 Å². The Morgan fingerprint density at radius 3 is 2.53 bits per heavy atom. The first-order valence-electron chi connectivity index (χ1n) is 9.81. The lowest BCUT2D eigenvalue weighted by atomic mass is 10.0. The van der Waals surface area contributed by atoms with Gasteiger partial charge in [-0.15, -0.1) is 6.58 Å². The zero-order valence-corrected chi connectivity index (χ0v) is 17.8. The van der Waals surface area contributed by atoms with Crippen molar-refractivity contribution in [2.24, 2.45) is 0 Å². The van der Waals surface area contributed by atoms with Gasteiger partial charge in [0.05, 0.1) is 10.5 Å². The van der Waals surface area contributed by atoms with Gasteiger partial charge < -0.3 is 9.84 Å². The first kappa shape index (κ1) is 21.4. The molecule has 1 saturated heterocycles. The first-order chi connectivity index (χ1) is 15.5. The second-order valence-corrected chi connectivity index (χ2v) is 8.06. The largest absolute Gasteiger partial charge is 0.488 e. The third kappa shape index (κ3) is 4.29. The van der Waals surface area contributed by atoms with Crippen molar-refractivity contribution in [1.29, 1.82) is 0 Å². The van der Waals surface area contributed by atoms with E-state index in [0.717, 1.165) is 33.0 Å². The number of carbonyl (C=O) groups excluding carboxylic acids is 2. The minimum atomic E-state index is -0.986. The van der Waals surface area contributed by atoms with Crippen LogP contribution in [-0.4, -0.2) is 33.7 Å². The van der Waals surface area contributed by atoms with Gasteiger partial charge in [-0.25, -0.2) is 4.79 Å². The molecule has 1 aliphatic heterocycles. The van der Waals surface area contributed by atoms with E-state index in [1.54, 1.807) is 18.2 Å². The number of nitrogens with zero attached hydrogens (tertiary/aromatic N) is 1. The maximum Gasteiger partial charge on any atom is 0.335 e. The molecule has 1 N–H and O–H groups in total. The molecule has 3 aromatic carbocycles. The van der Waals surface area contributed by atoms with Crippen molar-refractivity contribution in [2.75, 3.05) is 6.54 Å². The predicted octanol–water partition coefficient (Wildman–Crippen LogP) is 5.34. The summed E-state index contributed by atoms with van der Waals surface area (Å²) in [5.74, 6) is -0.788. The van der Waals surface area contributed by atoms with Crippen LogP contribution in [0.3, 0.4) is 0 Å². The normalized spacial score (nSPS) is 14.9. The van der Waals surface area contributed by atoms with Gasteiger partial charge in [0.25, 0.3) is 11.1 Å². The molecule has 0 aliphatic carbocycles. The zero-order chi connectivity index (χ0) is 22.7. The Bertz CT molecular complexity index is 1260. The highest BCUT2D eigenvalue weighted by atomic mass is 32.2. The molecule has 0 radical (unpaired) electrons. The Labute approximate surface area is 188 Å². The fraction of sp³-hybridized carbons (Fsp3) is 0.0800. The molecule has 0 saturated carbocycles. The van der Waals surface area contributed by atoms with Crippen molar-refractivity contribution in [3.05, 3.63) is 94.9 Å². The molecule has 1 heterocycles. The van der Waals surface area contributed by atoms with Crippen LogP contribution < -0.4 is 4.74 Å². The number of aromatic carboxylic acids is 1. The van der Waals surface area contributed by atoms with E-state index < -0.39 is 5.97 Å². The molecular formula is C25H19NO5S. The average molecular weight is 445 g/mol. The number of amides is 2. The molecule has 0 atom stereocenters. The molecule has 3 aromatic rings. The maximum atomic E-state index is 12.7. The zero-order valence-electron chi connectivity index (χ0n) is 17.0. The molecule has 6 nitrogen and oxygen atoms in total. The van der Waals surface area contributed by atoms with Crippen molar-refractivity contribution in [3.8, 4) is 5.75 Å². The quantitative estimate of drug-likeness (QED) is 0.390. The Hall–Kier alpha value is -3.84. The summed E-state index contributed by atoms with van der Waals surface area (Å²) >= 11 is 0.892. The molecule has 2 amide bonds. The minimum absolute atomic E-state index is 0.160. The summed E-state index contributed by atoms with van der Waals surface area (Å²) in [6, 6.07) is 17.9. The van der Waals surface area contributed by atoms with Crippen LogP contribution in [0.4, 0.5) is 4.79 Å².